The monoisotopic (exact) mass is 195 g/mol. The summed E-state index contributed by atoms with van der Waals surface area (Å²) in [4.78, 5) is 11.3. The standard InChI is InChI=1S/C11H17NO2/c12-9-7-1-6-2-8(9)5-11(3-6,4-7)10(13)14/h6-9H,1-5,12H2,(H,13,14)/t6?,7-,8+,9+,11+. The molecule has 3 heteroatoms. The second-order valence-electron chi connectivity index (χ2n) is 5.63. The summed E-state index contributed by atoms with van der Waals surface area (Å²) in [7, 11) is 0. The maximum atomic E-state index is 11.3. The molecule has 0 aromatic carbocycles. The van der Waals surface area contributed by atoms with Crippen LogP contribution < -0.4 is 5.73 Å². The summed E-state index contributed by atoms with van der Waals surface area (Å²) in [5.74, 6) is 1.09. The van der Waals surface area contributed by atoms with Gasteiger partial charge >= 0.3 is 5.97 Å². The molecule has 0 spiro atoms. The summed E-state index contributed by atoms with van der Waals surface area (Å²) < 4.78 is 0. The van der Waals surface area contributed by atoms with Crippen molar-refractivity contribution in [3.8, 4) is 0 Å². The summed E-state index contributed by atoms with van der Waals surface area (Å²) in [6.07, 6.45) is 4.98. The van der Waals surface area contributed by atoms with E-state index in [0.717, 1.165) is 19.3 Å². The van der Waals surface area contributed by atoms with Crippen LogP contribution in [-0.2, 0) is 4.79 Å². The van der Waals surface area contributed by atoms with Crippen LogP contribution in [0.15, 0.2) is 0 Å². The molecule has 0 saturated heterocycles. The van der Waals surface area contributed by atoms with Crippen molar-refractivity contribution < 1.29 is 9.90 Å². The van der Waals surface area contributed by atoms with Gasteiger partial charge in [0.1, 0.15) is 0 Å². The van der Waals surface area contributed by atoms with Crippen molar-refractivity contribution in [3.05, 3.63) is 0 Å². The van der Waals surface area contributed by atoms with Crippen LogP contribution in [-0.4, -0.2) is 17.1 Å². The fourth-order valence-electron chi connectivity index (χ4n) is 4.33. The van der Waals surface area contributed by atoms with Crippen molar-refractivity contribution in [1.82, 2.24) is 0 Å². The third kappa shape index (κ3) is 0.937. The van der Waals surface area contributed by atoms with Gasteiger partial charge in [-0.2, -0.15) is 0 Å². The predicted octanol–water partition coefficient (Wildman–Crippen LogP) is 1.22. The quantitative estimate of drug-likeness (QED) is 0.661. The van der Waals surface area contributed by atoms with Gasteiger partial charge in [-0.15, -0.1) is 0 Å². The number of hydrogen-bond donors (Lipinski definition) is 2. The van der Waals surface area contributed by atoms with Gasteiger partial charge in [0.05, 0.1) is 5.41 Å². The van der Waals surface area contributed by atoms with Crippen molar-refractivity contribution in [2.75, 3.05) is 0 Å². The first-order valence-electron chi connectivity index (χ1n) is 5.60. The van der Waals surface area contributed by atoms with Crippen molar-refractivity contribution in [2.45, 2.75) is 38.1 Å². The maximum Gasteiger partial charge on any atom is 0.309 e. The van der Waals surface area contributed by atoms with E-state index in [-0.39, 0.29) is 5.41 Å². The minimum Gasteiger partial charge on any atom is -0.481 e. The molecule has 3 nitrogen and oxygen atoms in total. The Bertz CT molecular complexity index is 273. The Balaban J connectivity index is 1.96. The molecular weight excluding hydrogens is 178 g/mol. The molecule has 4 bridgehead atoms. The number of nitrogens with two attached hydrogens (primary N) is 1. The van der Waals surface area contributed by atoms with E-state index in [0.29, 0.717) is 23.8 Å². The lowest BCUT2D eigenvalue weighted by Gasteiger charge is -2.57. The van der Waals surface area contributed by atoms with E-state index in [2.05, 4.69) is 0 Å². The molecule has 4 aliphatic rings. The van der Waals surface area contributed by atoms with Gasteiger partial charge in [0.2, 0.25) is 0 Å². The first-order chi connectivity index (χ1) is 6.61. The zero-order valence-corrected chi connectivity index (χ0v) is 8.28. The highest BCUT2D eigenvalue weighted by atomic mass is 16.4. The Morgan fingerprint density at radius 2 is 1.79 bits per heavy atom. The van der Waals surface area contributed by atoms with E-state index >= 15 is 0 Å². The predicted molar refractivity (Wildman–Crippen MR) is 51.6 cm³/mol. The second kappa shape index (κ2) is 2.51. The molecule has 0 amide bonds. The Labute approximate surface area is 83.7 Å². The van der Waals surface area contributed by atoms with Crippen LogP contribution in [0.1, 0.15) is 32.1 Å². The lowest BCUT2D eigenvalue weighted by atomic mass is 9.48. The fraction of sp³-hybridized carbons (Fsp3) is 0.909. The molecule has 4 rings (SSSR count). The minimum absolute atomic E-state index is 0.291. The highest BCUT2D eigenvalue weighted by molar-refractivity contribution is 5.75. The van der Waals surface area contributed by atoms with E-state index in [1.54, 1.807) is 0 Å². The van der Waals surface area contributed by atoms with Gasteiger partial charge < -0.3 is 10.8 Å². The number of carboxylic acids is 1. The van der Waals surface area contributed by atoms with Crippen LogP contribution in [0.4, 0.5) is 0 Å². The number of carboxylic acid groups (broad SMARTS) is 1. The number of rotatable bonds is 1. The van der Waals surface area contributed by atoms with Crippen molar-refractivity contribution >= 4 is 5.97 Å². The van der Waals surface area contributed by atoms with E-state index in [1.807, 2.05) is 0 Å². The third-order valence-corrected chi connectivity index (χ3v) is 4.80. The zero-order chi connectivity index (χ0) is 9.92. The van der Waals surface area contributed by atoms with Gasteiger partial charge in [-0.3, -0.25) is 4.79 Å². The van der Waals surface area contributed by atoms with Gasteiger partial charge in [-0.05, 0) is 49.9 Å². The highest BCUT2D eigenvalue weighted by Gasteiger charge is 2.57. The maximum absolute atomic E-state index is 11.3. The van der Waals surface area contributed by atoms with Crippen LogP contribution in [0.3, 0.4) is 0 Å². The van der Waals surface area contributed by atoms with Crippen molar-refractivity contribution in [2.24, 2.45) is 28.9 Å². The molecule has 4 aliphatic carbocycles. The summed E-state index contributed by atoms with van der Waals surface area (Å²) in [5.41, 5.74) is 5.75. The Morgan fingerprint density at radius 1 is 1.21 bits per heavy atom. The van der Waals surface area contributed by atoms with E-state index in [1.165, 1.54) is 12.8 Å². The van der Waals surface area contributed by atoms with Gasteiger partial charge in [0, 0.05) is 6.04 Å². The van der Waals surface area contributed by atoms with Crippen LogP contribution in [0.2, 0.25) is 0 Å². The molecule has 5 atom stereocenters. The molecule has 3 N–H and O–H groups in total. The third-order valence-electron chi connectivity index (χ3n) is 4.80. The summed E-state index contributed by atoms with van der Waals surface area (Å²) in [6.45, 7) is 0. The normalized spacial score (nSPS) is 54.9. The second-order valence-corrected chi connectivity index (χ2v) is 5.63. The van der Waals surface area contributed by atoms with E-state index in [9.17, 15) is 9.90 Å². The van der Waals surface area contributed by atoms with Crippen molar-refractivity contribution in [3.63, 3.8) is 0 Å². The van der Waals surface area contributed by atoms with E-state index < -0.39 is 5.97 Å². The van der Waals surface area contributed by atoms with Gasteiger partial charge in [-0.25, -0.2) is 0 Å². The first-order valence-corrected chi connectivity index (χ1v) is 5.60. The topological polar surface area (TPSA) is 63.3 Å². The smallest absolute Gasteiger partial charge is 0.309 e. The van der Waals surface area contributed by atoms with Gasteiger partial charge in [-0.1, -0.05) is 0 Å². The van der Waals surface area contributed by atoms with Crippen LogP contribution in [0, 0.1) is 23.2 Å². The van der Waals surface area contributed by atoms with Crippen LogP contribution >= 0.6 is 0 Å². The zero-order valence-electron chi connectivity index (χ0n) is 8.28. The van der Waals surface area contributed by atoms with Crippen LogP contribution in [0.25, 0.3) is 0 Å². The molecule has 14 heavy (non-hydrogen) atoms. The Morgan fingerprint density at radius 3 is 2.29 bits per heavy atom. The largest absolute Gasteiger partial charge is 0.481 e. The number of hydrogen-bond acceptors (Lipinski definition) is 2. The highest BCUT2D eigenvalue weighted by Crippen LogP contribution is 2.59. The molecule has 0 aromatic heterocycles. The summed E-state index contributed by atoms with van der Waals surface area (Å²) >= 11 is 0. The van der Waals surface area contributed by atoms with Gasteiger partial charge in [0.25, 0.3) is 0 Å². The van der Waals surface area contributed by atoms with Gasteiger partial charge in [0.15, 0.2) is 0 Å². The fourth-order valence-corrected chi connectivity index (χ4v) is 4.33. The van der Waals surface area contributed by atoms with Crippen molar-refractivity contribution in [1.29, 1.82) is 0 Å². The molecule has 0 heterocycles. The first kappa shape index (κ1) is 8.72. The van der Waals surface area contributed by atoms with Crippen LogP contribution in [0.5, 0.6) is 0 Å². The molecule has 0 aliphatic heterocycles. The average Bonchev–Trinajstić information content (AvgIpc) is 2.12. The summed E-state index contributed by atoms with van der Waals surface area (Å²) in [5, 5.41) is 9.32. The Kier molecular flexibility index (Phi) is 1.56. The lowest BCUT2D eigenvalue weighted by Crippen LogP contribution is -2.58. The molecule has 0 radical (unpaired) electrons. The molecule has 4 fully saturated rings. The lowest BCUT2D eigenvalue weighted by molar-refractivity contribution is -0.166. The molecule has 78 valence electrons. The summed E-state index contributed by atoms with van der Waals surface area (Å²) in [6, 6.07) is 0.291. The number of aliphatic carboxylic acids is 1. The van der Waals surface area contributed by atoms with E-state index in [4.69, 9.17) is 5.73 Å². The molecule has 0 aromatic rings. The average molecular weight is 195 g/mol. The molecule has 4 saturated carbocycles. The molecule has 1 unspecified atom stereocenters. The molecular formula is C11H17NO2. The minimum atomic E-state index is -0.566. The SMILES string of the molecule is N[C@H]1[C@@H]2CC3C[C@H]1C[C@](C(=O)O)(C3)C2. The number of carbonyl (C=O) groups is 1. The Hall–Kier alpha value is -0.570.